The van der Waals surface area contributed by atoms with Gasteiger partial charge in [-0.25, -0.2) is 13.6 Å². The number of carbonyl (C=O) groups excluding carboxylic acids is 1. The Morgan fingerprint density at radius 1 is 1.31 bits per heavy atom. The predicted octanol–water partition coefficient (Wildman–Crippen LogP) is 1.30. The van der Waals surface area contributed by atoms with Gasteiger partial charge < -0.3 is 10.4 Å². The maximum absolute atomic E-state index is 13.2. The molecule has 1 amide bonds. The van der Waals surface area contributed by atoms with E-state index < -0.39 is 23.2 Å². The number of amides is 1. The van der Waals surface area contributed by atoms with E-state index in [0.29, 0.717) is 0 Å². The van der Waals surface area contributed by atoms with Crippen molar-refractivity contribution >= 4 is 11.9 Å². The molecule has 0 aliphatic heterocycles. The fraction of sp³-hybridized carbons (Fsp3) is 0.200. The Kier molecular flexibility index (Phi) is 3.55. The molecule has 0 atom stereocenters. The standard InChI is InChI=1S/C10H9F2NO3/c1-5(14)13-4-6-2-7(11)9(10(15)16)8(12)3-6/h2-3H,4H2,1H3,(H,13,14)(H,15,16). The number of benzene rings is 1. The van der Waals surface area contributed by atoms with Crippen LogP contribution in [-0.4, -0.2) is 17.0 Å². The zero-order valence-corrected chi connectivity index (χ0v) is 8.38. The average molecular weight is 229 g/mol. The molecule has 0 radical (unpaired) electrons. The molecule has 0 aliphatic carbocycles. The maximum Gasteiger partial charge on any atom is 0.341 e. The molecule has 0 unspecified atom stereocenters. The monoisotopic (exact) mass is 229 g/mol. The van der Waals surface area contributed by atoms with Gasteiger partial charge in [-0.1, -0.05) is 0 Å². The minimum Gasteiger partial charge on any atom is -0.477 e. The summed E-state index contributed by atoms with van der Waals surface area (Å²) in [5.74, 6) is -4.33. The van der Waals surface area contributed by atoms with Gasteiger partial charge in [-0.2, -0.15) is 0 Å². The SMILES string of the molecule is CC(=O)NCc1cc(F)c(C(=O)O)c(F)c1. The fourth-order valence-electron chi connectivity index (χ4n) is 1.16. The zero-order valence-electron chi connectivity index (χ0n) is 8.38. The number of carbonyl (C=O) groups is 2. The first-order chi connectivity index (χ1) is 7.41. The molecule has 0 saturated carbocycles. The van der Waals surface area contributed by atoms with Crippen molar-refractivity contribution in [1.82, 2.24) is 5.32 Å². The third-order valence-corrected chi connectivity index (χ3v) is 1.86. The second kappa shape index (κ2) is 4.69. The second-order valence-electron chi connectivity index (χ2n) is 3.15. The molecule has 0 bridgehead atoms. The molecule has 1 aromatic rings. The van der Waals surface area contributed by atoms with Crippen LogP contribution in [0.4, 0.5) is 8.78 Å². The van der Waals surface area contributed by atoms with Gasteiger partial charge in [-0.15, -0.1) is 0 Å². The zero-order chi connectivity index (χ0) is 12.3. The smallest absolute Gasteiger partial charge is 0.341 e. The minimum absolute atomic E-state index is 0.0525. The molecule has 0 spiro atoms. The van der Waals surface area contributed by atoms with Gasteiger partial charge in [0.25, 0.3) is 0 Å². The number of hydrogen-bond donors (Lipinski definition) is 2. The third kappa shape index (κ3) is 2.75. The van der Waals surface area contributed by atoms with E-state index >= 15 is 0 Å². The highest BCUT2D eigenvalue weighted by atomic mass is 19.1. The summed E-state index contributed by atoms with van der Waals surface area (Å²) in [5, 5.41) is 10.9. The lowest BCUT2D eigenvalue weighted by molar-refractivity contribution is -0.119. The first-order valence-electron chi connectivity index (χ1n) is 4.37. The molecule has 0 aromatic heterocycles. The Bertz CT molecular complexity index is 423. The summed E-state index contributed by atoms with van der Waals surface area (Å²) in [7, 11) is 0. The van der Waals surface area contributed by atoms with E-state index in [2.05, 4.69) is 5.32 Å². The Labute approximate surface area is 89.9 Å². The number of hydrogen-bond acceptors (Lipinski definition) is 2. The van der Waals surface area contributed by atoms with E-state index in [0.717, 1.165) is 12.1 Å². The van der Waals surface area contributed by atoms with Crippen LogP contribution in [-0.2, 0) is 11.3 Å². The van der Waals surface area contributed by atoms with Crippen molar-refractivity contribution in [1.29, 1.82) is 0 Å². The van der Waals surface area contributed by atoms with E-state index in [1.165, 1.54) is 6.92 Å². The number of aromatic carboxylic acids is 1. The molecule has 6 heteroatoms. The van der Waals surface area contributed by atoms with Gasteiger partial charge in [0.05, 0.1) is 0 Å². The van der Waals surface area contributed by atoms with Crippen LogP contribution >= 0.6 is 0 Å². The lowest BCUT2D eigenvalue weighted by Crippen LogP contribution is -2.19. The van der Waals surface area contributed by atoms with E-state index in [1.54, 1.807) is 0 Å². The molecule has 4 nitrogen and oxygen atoms in total. The number of nitrogens with one attached hydrogen (secondary N) is 1. The molecule has 86 valence electrons. The van der Waals surface area contributed by atoms with Crippen molar-refractivity contribution in [3.63, 3.8) is 0 Å². The molecule has 0 saturated heterocycles. The van der Waals surface area contributed by atoms with Gasteiger partial charge in [0.2, 0.25) is 5.91 Å². The first-order valence-corrected chi connectivity index (χ1v) is 4.37. The van der Waals surface area contributed by atoms with E-state index in [1.807, 2.05) is 0 Å². The Balaban J connectivity index is 3.00. The minimum atomic E-state index is -1.67. The van der Waals surface area contributed by atoms with Crippen molar-refractivity contribution in [2.24, 2.45) is 0 Å². The molecule has 1 rings (SSSR count). The molecule has 2 N–H and O–H groups in total. The van der Waals surface area contributed by atoms with Crippen LogP contribution in [0.3, 0.4) is 0 Å². The van der Waals surface area contributed by atoms with Crippen molar-refractivity contribution < 1.29 is 23.5 Å². The molecular formula is C10H9F2NO3. The topological polar surface area (TPSA) is 66.4 Å². The highest BCUT2D eigenvalue weighted by molar-refractivity contribution is 5.88. The Morgan fingerprint density at radius 2 is 1.81 bits per heavy atom. The summed E-state index contributed by atoms with van der Waals surface area (Å²) in [6, 6.07) is 1.75. The molecular weight excluding hydrogens is 220 g/mol. The van der Waals surface area contributed by atoms with E-state index in [-0.39, 0.29) is 18.0 Å². The van der Waals surface area contributed by atoms with Crippen LogP contribution in [0.2, 0.25) is 0 Å². The molecule has 0 fully saturated rings. The van der Waals surface area contributed by atoms with Crippen LogP contribution in [0.25, 0.3) is 0 Å². The van der Waals surface area contributed by atoms with E-state index in [9.17, 15) is 18.4 Å². The highest BCUT2D eigenvalue weighted by Gasteiger charge is 2.17. The fourth-order valence-corrected chi connectivity index (χ4v) is 1.16. The maximum atomic E-state index is 13.2. The Hall–Kier alpha value is -1.98. The predicted molar refractivity (Wildman–Crippen MR) is 50.8 cm³/mol. The summed E-state index contributed by atoms with van der Waals surface area (Å²) >= 11 is 0. The van der Waals surface area contributed by atoms with Gasteiger partial charge in [-0.3, -0.25) is 4.79 Å². The largest absolute Gasteiger partial charge is 0.477 e. The summed E-state index contributed by atoms with van der Waals surface area (Å²) in [6.45, 7) is 1.21. The third-order valence-electron chi connectivity index (χ3n) is 1.86. The molecule has 0 aliphatic rings. The van der Waals surface area contributed by atoms with Gasteiger partial charge in [0.15, 0.2) is 0 Å². The lowest BCUT2D eigenvalue weighted by Gasteiger charge is -2.05. The van der Waals surface area contributed by atoms with Gasteiger partial charge in [0, 0.05) is 13.5 Å². The average Bonchev–Trinajstić information content (AvgIpc) is 2.12. The second-order valence-corrected chi connectivity index (χ2v) is 3.15. The van der Waals surface area contributed by atoms with Gasteiger partial charge >= 0.3 is 5.97 Å². The van der Waals surface area contributed by atoms with Crippen LogP contribution in [0, 0.1) is 11.6 Å². The quantitative estimate of drug-likeness (QED) is 0.820. The summed E-state index contributed by atoms with van der Waals surface area (Å²) < 4.78 is 26.3. The van der Waals surface area contributed by atoms with Crippen LogP contribution in [0.15, 0.2) is 12.1 Å². The number of carboxylic acid groups (broad SMARTS) is 1. The van der Waals surface area contributed by atoms with Crippen molar-refractivity contribution in [3.05, 3.63) is 34.9 Å². The van der Waals surface area contributed by atoms with Crippen LogP contribution in [0.5, 0.6) is 0 Å². The normalized spacial score (nSPS) is 9.94. The lowest BCUT2D eigenvalue weighted by atomic mass is 10.1. The van der Waals surface area contributed by atoms with Gasteiger partial charge in [-0.05, 0) is 17.7 Å². The van der Waals surface area contributed by atoms with Crippen LogP contribution in [0.1, 0.15) is 22.8 Å². The molecule has 0 heterocycles. The van der Waals surface area contributed by atoms with Crippen LogP contribution < -0.4 is 5.32 Å². The number of halogens is 2. The van der Waals surface area contributed by atoms with Crippen molar-refractivity contribution in [2.45, 2.75) is 13.5 Å². The highest BCUT2D eigenvalue weighted by Crippen LogP contribution is 2.15. The molecule has 1 aromatic carbocycles. The van der Waals surface area contributed by atoms with E-state index in [4.69, 9.17) is 5.11 Å². The summed E-state index contributed by atoms with van der Waals surface area (Å²) in [4.78, 5) is 21.0. The van der Waals surface area contributed by atoms with Crippen molar-refractivity contribution in [2.75, 3.05) is 0 Å². The molecule has 16 heavy (non-hydrogen) atoms. The first kappa shape index (κ1) is 12.1. The van der Waals surface area contributed by atoms with Crippen molar-refractivity contribution in [3.8, 4) is 0 Å². The number of rotatable bonds is 3. The van der Waals surface area contributed by atoms with Gasteiger partial charge in [0.1, 0.15) is 17.2 Å². The number of carboxylic acids is 1. The summed E-state index contributed by atoms with van der Waals surface area (Å²) in [5.41, 5.74) is -0.832. The Morgan fingerprint density at radius 3 is 2.19 bits per heavy atom. The summed E-state index contributed by atoms with van der Waals surface area (Å²) in [6.07, 6.45) is 0.